The van der Waals surface area contributed by atoms with Crippen molar-refractivity contribution in [1.82, 2.24) is 19.7 Å². The Kier molecular flexibility index (Phi) is 3.75. The van der Waals surface area contributed by atoms with E-state index >= 15 is 0 Å². The van der Waals surface area contributed by atoms with Crippen LogP contribution in [0.1, 0.15) is 0 Å². The minimum Gasteiger partial charge on any atom is -0.396 e. The number of nitrogen functional groups attached to an aromatic ring is 2. The Hall–Kier alpha value is -2.87. The first-order chi connectivity index (χ1) is 11.0. The van der Waals surface area contributed by atoms with E-state index in [1.807, 2.05) is 0 Å². The number of hydrogen-bond acceptors (Lipinski definition) is 6. The quantitative estimate of drug-likeness (QED) is 0.715. The number of aryl methyl sites for hydroxylation is 1. The summed E-state index contributed by atoms with van der Waals surface area (Å²) in [5.41, 5.74) is 12.7. The van der Waals surface area contributed by atoms with Crippen molar-refractivity contribution in [2.24, 2.45) is 7.05 Å². The molecule has 7 nitrogen and oxygen atoms in total. The topological polar surface area (TPSA) is 98.9 Å². The van der Waals surface area contributed by atoms with Crippen LogP contribution in [0.25, 0.3) is 0 Å². The molecule has 23 heavy (non-hydrogen) atoms. The van der Waals surface area contributed by atoms with Gasteiger partial charge in [-0.25, -0.2) is 9.37 Å². The summed E-state index contributed by atoms with van der Waals surface area (Å²) >= 11 is 5.87. The number of nitrogens with zero attached hydrogens (tertiary/aromatic N) is 5. The first-order valence-electron chi connectivity index (χ1n) is 6.57. The third-order valence-electron chi connectivity index (χ3n) is 3.15. The van der Waals surface area contributed by atoms with Crippen LogP contribution in [0.3, 0.4) is 0 Å². The van der Waals surface area contributed by atoms with Gasteiger partial charge in [-0.15, -0.1) is 0 Å². The molecule has 3 rings (SSSR count). The summed E-state index contributed by atoms with van der Waals surface area (Å²) in [4.78, 5) is 10.0. The highest BCUT2D eigenvalue weighted by Gasteiger charge is 2.18. The predicted molar refractivity (Wildman–Crippen MR) is 87.3 cm³/mol. The van der Waals surface area contributed by atoms with E-state index in [0.29, 0.717) is 11.4 Å². The van der Waals surface area contributed by atoms with Crippen molar-refractivity contribution in [2.45, 2.75) is 0 Å². The SMILES string of the molecule is Cn1cc(N(c2ccc(F)c(N)c2)c2ncc(Cl)c(N)n2)cn1. The zero-order valence-electron chi connectivity index (χ0n) is 12.1. The monoisotopic (exact) mass is 333 g/mol. The molecule has 1 aromatic carbocycles. The van der Waals surface area contributed by atoms with Gasteiger partial charge >= 0.3 is 0 Å². The van der Waals surface area contributed by atoms with Gasteiger partial charge in [0.15, 0.2) is 0 Å². The van der Waals surface area contributed by atoms with Crippen molar-refractivity contribution < 1.29 is 4.39 Å². The Balaban J connectivity index is 2.17. The first-order valence-corrected chi connectivity index (χ1v) is 6.95. The van der Waals surface area contributed by atoms with Crippen LogP contribution in [0.5, 0.6) is 0 Å². The Morgan fingerprint density at radius 2 is 2.00 bits per heavy atom. The second-order valence-corrected chi connectivity index (χ2v) is 5.22. The van der Waals surface area contributed by atoms with Gasteiger partial charge in [0.05, 0.1) is 29.5 Å². The summed E-state index contributed by atoms with van der Waals surface area (Å²) < 4.78 is 15.1. The average Bonchev–Trinajstić information content (AvgIpc) is 2.93. The van der Waals surface area contributed by atoms with Crippen molar-refractivity contribution in [3.63, 3.8) is 0 Å². The maximum atomic E-state index is 13.5. The molecule has 0 aliphatic carbocycles. The van der Waals surface area contributed by atoms with Crippen LogP contribution >= 0.6 is 11.6 Å². The molecule has 0 fully saturated rings. The Bertz CT molecular complexity index is 813. The molecule has 0 bridgehead atoms. The number of halogens is 2. The molecule has 2 heterocycles. The highest BCUT2D eigenvalue weighted by atomic mass is 35.5. The van der Waals surface area contributed by atoms with Crippen LogP contribution in [-0.2, 0) is 7.05 Å². The first kappa shape index (κ1) is 15.0. The molecule has 0 aliphatic heterocycles. The minimum absolute atomic E-state index is 0.0123. The van der Waals surface area contributed by atoms with Crippen LogP contribution < -0.4 is 16.4 Å². The van der Waals surface area contributed by atoms with Crippen LogP contribution in [-0.4, -0.2) is 19.7 Å². The van der Waals surface area contributed by atoms with E-state index < -0.39 is 5.82 Å². The van der Waals surface area contributed by atoms with Crippen LogP contribution in [0.4, 0.5) is 33.2 Å². The summed E-state index contributed by atoms with van der Waals surface area (Å²) in [6.45, 7) is 0. The van der Waals surface area contributed by atoms with E-state index in [1.165, 1.54) is 18.3 Å². The molecule has 0 radical (unpaired) electrons. The molecular formula is C14H13ClFN7. The second-order valence-electron chi connectivity index (χ2n) is 4.82. The predicted octanol–water partition coefficient (Wildman–Crippen LogP) is 2.64. The fraction of sp³-hybridized carbons (Fsp3) is 0.0714. The highest BCUT2D eigenvalue weighted by Crippen LogP contribution is 2.34. The Morgan fingerprint density at radius 1 is 1.22 bits per heavy atom. The molecular weight excluding hydrogens is 321 g/mol. The van der Waals surface area contributed by atoms with Crippen LogP contribution in [0.15, 0.2) is 36.8 Å². The lowest BCUT2D eigenvalue weighted by Gasteiger charge is -2.21. The molecule has 0 saturated carbocycles. The van der Waals surface area contributed by atoms with E-state index in [2.05, 4.69) is 15.1 Å². The maximum Gasteiger partial charge on any atom is 0.236 e. The molecule has 9 heteroatoms. The molecule has 0 unspecified atom stereocenters. The molecule has 0 saturated heterocycles. The van der Waals surface area contributed by atoms with Gasteiger partial charge in [0.2, 0.25) is 5.95 Å². The number of rotatable bonds is 3. The Labute approximate surface area is 136 Å². The number of hydrogen-bond donors (Lipinski definition) is 2. The normalized spacial score (nSPS) is 10.7. The zero-order chi connectivity index (χ0) is 16.6. The Morgan fingerprint density at radius 3 is 2.61 bits per heavy atom. The van der Waals surface area contributed by atoms with Crippen LogP contribution in [0, 0.1) is 5.82 Å². The van der Waals surface area contributed by atoms with Crippen molar-refractivity contribution in [3.05, 3.63) is 47.6 Å². The third-order valence-corrected chi connectivity index (χ3v) is 3.44. The number of nitrogens with two attached hydrogens (primary N) is 2. The molecule has 3 aromatic rings. The van der Waals surface area contributed by atoms with Gasteiger partial charge in [0, 0.05) is 13.2 Å². The minimum atomic E-state index is -0.503. The lowest BCUT2D eigenvalue weighted by Crippen LogP contribution is -2.14. The second kappa shape index (κ2) is 5.73. The molecule has 0 amide bonds. The third kappa shape index (κ3) is 2.88. The number of aromatic nitrogens is 4. The van der Waals surface area contributed by atoms with Gasteiger partial charge in [-0.05, 0) is 18.2 Å². The van der Waals surface area contributed by atoms with E-state index in [1.54, 1.807) is 35.1 Å². The van der Waals surface area contributed by atoms with Gasteiger partial charge in [0.25, 0.3) is 0 Å². The maximum absolute atomic E-state index is 13.5. The summed E-state index contributed by atoms with van der Waals surface area (Å²) in [6, 6.07) is 4.32. The van der Waals surface area contributed by atoms with Gasteiger partial charge < -0.3 is 11.5 Å². The van der Waals surface area contributed by atoms with Gasteiger partial charge in [-0.1, -0.05) is 11.6 Å². The van der Waals surface area contributed by atoms with E-state index in [4.69, 9.17) is 23.1 Å². The van der Waals surface area contributed by atoms with Crippen molar-refractivity contribution in [2.75, 3.05) is 16.4 Å². The summed E-state index contributed by atoms with van der Waals surface area (Å²) in [5, 5.41) is 4.37. The number of benzene rings is 1. The lowest BCUT2D eigenvalue weighted by molar-refractivity contribution is 0.632. The van der Waals surface area contributed by atoms with Gasteiger partial charge in [-0.3, -0.25) is 9.58 Å². The average molecular weight is 334 g/mol. The number of anilines is 5. The largest absolute Gasteiger partial charge is 0.396 e. The smallest absolute Gasteiger partial charge is 0.236 e. The fourth-order valence-corrected chi connectivity index (χ4v) is 2.14. The molecule has 2 aromatic heterocycles. The molecule has 0 aliphatic rings. The molecule has 0 spiro atoms. The van der Waals surface area contributed by atoms with Gasteiger partial charge in [0.1, 0.15) is 16.7 Å². The van der Waals surface area contributed by atoms with E-state index in [0.717, 1.165) is 0 Å². The van der Waals surface area contributed by atoms with E-state index in [9.17, 15) is 4.39 Å². The van der Waals surface area contributed by atoms with Crippen LogP contribution in [0.2, 0.25) is 5.02 Å². The molecule has 118 valence electrons. The van der Waals surface area contributed by atoms with Crippen molar-refractivity contribution >= 4 is 40.4 Å². The molecule has 4 N–H and O–H groups in total. The molecule has 0 atom stereocenters. The fourth-order valence-electron chi connectivity index (χ4n) is 2.05. The van der Waals surface area contributed by atoms with Crippen molar-refractivity contribution in [3.8, 4) is 0 Å². The van der Waals surface area contributed by atoms with Gasteiger partial charge in [-0.2, -0.15) is 10.1 Å². The van der Waals surface area contributed by atoms with Crippen molar-refractivity contribution in [1.29, 1.82) is 0 Å². The highest BCUT2D eigenvalue weighted by molar-refractivity contribution is 6.32. The zero-order valence-corrected chi connectivity index (χ0v) is 12.9. The van der Waals surface area contributed by atoms with E-state index in [-0.39, 0.29) is 22.5 Å². The summed E-state index contributed by atoms with van der Waals surface area (Å²) in [7, 11) is 1.78. The summed E-state index contributed by atoms with van der Waals surface area (Å²) in [6.07, 6.45) is 4.77. The standard InChI is InChI=1S/C14H13ClFN7/c1-22-7-9(5-20-22)23(8-2-3-11(16)12(17)4-8)14-19-6-10(15)13(18)21-14/h2-7H,17H2,1H3,(H2,18,19,21). The lowest BCUT2D eigenvalue weighted by atomic mass is 10.2. The summed E-state index contributed by atoms with van der Waals surface area (Å²) in [5.74, 6) is -0.0945.